The topological polar surface area (TPSA) is 35.2 Å². The number of nitrogens with two attached hydrogens (primary N) is 1. The van der Waals surface area contributed by atoms with Crippen LogP contribution in [0.15, 0.2) is 18.2 Å². The zero-order chi connectivity index (χ0) is 13.2. The molecule has 2 rings (SSSR count). The SMILES string of the molecule is CCCC(N)C#Cc1ccc2c(c1)C(C)(C)CO2. The molecule has 2 nitrogen and oxygen atoms in total. The number of ether oxygens (including phenoxy) is 1. The fourth-order valence-electron chi connectivity index (χ4n) is 2.16. The van der Waals surface area contributed by atoms with Gasteiger partial charge in [-0.05, 0) is 24.6 Å². The van der Waals surface area contributed by atoms with E-state index in [1.54, 1.807) is 0 Å². The molecule has 2 N–H and O–H groups in total. The van der Waals surface area contributed by atoms with E-state index in [1.807, 2.05) is 12.1 Å². The summed E-state index contributed by atoms with van der Waals surface area (Å²) >= 11 is 0. The molecule has 1 unspecified atom stereocenters. The molecule has 0 amide bonds. The van der Waals surface area contributed by atoms with Crippen LogP contribution < -0.4 is 10.5 Å². The Balaban J connectivity index is 2.22. The molecular formula is C16H21NO. The summed E-state index contributed by atoms with van der Waals surface area (Å²) in [5.41, 5.74) is 8.26. The molecule has 0 fully saturated rings. The van der Waals surface area contributed by atoms with E-state index >= 15 is 0 Å². The van der Waals surface area contributed by atoms with Gasteiger partial charge in [-0.25, -0.2) is 0 Å². The van der Waals surface area contributed by atoms with E-state index in [0.29, 0.717) is 0 Å². The van der Waals surface area contributed by atoms with Gasteiger partial charge in [0.15, 0.2) is 0 Å². The van der Waals surface area contributed by atoms with Gasteiger partial charge in [0.2, 0.25) is 0 Å². The zero-order valence-corrected chi connectivity index (χ0v) is 11.4. The Morgan fingerprint density at radius 3 is 2.94 bits per heavy atom. The molecule has 0 spiro atoms. The van der Waals surface area contributed by atoms with E-state index in [2.05, 4.69) is 38.7 Å². The van der Waals surface area contributed by atoms with Crippen molar-refractivity contribution in [1.82, 2.24) is 0 Å². The maximum Gasteiger partial charge on any atom is 0.123 e. The van der Waals surface area contributed by atoms with Crippen molar-refractivity contribution >= 4 is 0 Å². The second kappa shape index (κ2) is 5.04. The second-order valence-corrected chi connectivity index (χ2v) is 5.55. The molecule has 1 atom stereocenters. The summed E-state index contributed by atoms with van der Waals surface area (Å²) in [6, 6.07) is 6.13. The van der Waals surface area contributed by atoms with Crippen LogP contribution in [0.5, 0.6) is 5.75 Å². The normalized spacial score (nSPS) is 17.3. The van der Waals surface area contributed by atoms with Crippen molar-refractivity contribution in [2.75, 3.05) is 6.61 Å². The highest BCUT2D eigenvalue weighted by molar-refractivity contribution is 5.49. The fourth-order valence-corrected chi connectivity index (χ4v) is 2.16. The van der Waals surface area contributed by atoms with Gasteiger partial charge in [0.1, 0.15) is 5.75 Å². The average molecular weight is 243 g/mol. The van der Waals surface area contributed by atoms with Crippen LogP contribution >= 0.6 is 0 Å². The predicted molar refractivity (Wildman–Crippen MR) is 74.7 cm³/mol. The monoisotopic (exact) mass is 243 g/mol. The van der Waals surface area contributed by atoms with Gasteiger partial charge in [0.25, 0.3) is 0 Å². The second-order valence-electron chi connectivity index (χ2n) is 5.55. The van der Waals surface area contributed by atoms with Crippen molar-refractivity contribution in [2.45, 2.75) is 45.1 Å². The highest BCUT2D eigenvalue weighted by Gasteiger charge is 2.31. The minimum absolute atomic E-state index is 0.0208. The molecule has 96 valence electrons. The van der Waals surface area contributed by atoms with Crippen LogP contribution in [0.3, 0.4) is 0 Å². The fraction of sp³-hybridized carbons (Fsp3) is 0.500. The summed E-state index contributed by atoms with van der Waals surface area (Å²) in [6.07, 6.45) is 2.02. The van der Waals surface area contributed by atoms with Gasteiger partial charge in [-0.15, -0.1) is 0 Å². The highest BCUT2D eigenvalue weighted by atomic mass is 16.5. The molecule has 0 saturated carbocycles. The lowest BCUT2D eigenvalue weighted by molar-refractivity contribution is 0.291. The van der Waals surface area contributed by atoms with Crippen LogP contribution in [0.4, 0.5) is 0 Å². The van der Waals surface area contributed by atoms with Crippen molar-refractivity contribution < 1.29 is 4.74 Å². The van der Waals surface area contributed by atoms with Crippen LogP contribution in [0.2, 0.25) is 0 Å². The third kappa shape index (κ3) is 2.68. The molecule has 2 heteroatoms. The third-order valence-corrected chi connectivity index (χ3v) is 3.30. The standard InChI is InChI=1S/C16H21NO/c1-4-5-13(17)8-6-12-7-9-15-14(10-12)16(2,3)11-18-15/h7,9-10,13H,4-5,11,17H2,1-3H3. The number of hydrogen-bond acceptors (Lipinski definition) is 2. The summed E-state index contributed by atoms with van der Waals surface area (Å²) in [6.45, 7) is 7.25. The molecule has 0 aromatic heterocycles. The number of rotatable bonds is 2. The summed E-state index contributed by atoms with van der Waals surface area (Å²) in [4.78, 5) is 0. The Morgan fingerprint density at radius 1 is 1.44 bits per heavy atom. The van der Waals surface area contributed by atoms with Crippen LogP contribution in [0.25, 0.3) is 0 Å². The van der Waals surface area contributed by atoms with E-state index in [0.717, 1.165) is 30.8 Å². The largest absolute Gasteiger partial charge is 0.492 e. The molecule has 0 saturated heterocycles. The summed E-state index contributed by atoms with van der Waals surface area (Å²) in [5.74, 6) is 7.26. The number of benzene rings is 1. The first-order chi connectivity index (χ1) is 8.53. The van der Waals surface area contributed by atoms with E-state index in [4.69, 9.17) is 10.5 Å². The van der Waals surface area contributed by atoms with Crippen LogP contribution in [-0.2, 0) is 5.41 Å². The van der Waals surface area contributed by atoms with Crippen LogP contribution in [-0.4, -0.2) is 12.6 Å². The Kier molecular flexibility index (Phi) is 3.63. The molecule has 1 aliphatic heterocycles. The minimum Gasteiger partial charge on any atom is -0.492 e. The van der Waals surface area contributed by atoms with Crippen molar-refractivity contribution in [3.63, 3.8) is 0 Å². The number of fused-ring (bicyclic) bond motifs is 1. The molecule has 1 aliphatic rings. The maximum absolute atomic E-state index is 5.90. The highest BCUT2D eigenvalue weighted by Crippen LogP contribution is 2.38. The molecular weight excluding hydrogens is 222 g/mol. The van der Waals surface area contributed by atoms with Crippen molar-refractivity contribution in [3.8, 4) is 17.6 Å². The molecule has 0 aliphatic carbocycles. The van der Waals surface area contributed by atoms with Gasteiger partial charge in [0.05, 0.1) is 12.6 Å². The molecule has 1 heterocycles. The van der Waals surface area contributed by atoms with E-state index in [9.17, 15) is 0 Å². The van der Waals surface area contributed by atoms with Gasteiger partial charge in [-0.3, -0.25) is 0 Å². The van der Waals surface area contributed by atoms with Gasteiger partial charge < -0.3 is 10.5 Å². The lowest BCUT2D eigenvalue weighted by Crippen LogP contribution is -2.18. The first kappa shape index (κ1) is 13.0. The van der Waals surface area contributed by atoms with Crippen molar-refractivity contribution in [1.29, 1.82) is 0 Å². The molecule has 18 heavy (non-hydrogen) atoms. The van der Waals surface area contributed by atoms with E-state index in [1.165, 1.54) is 5.56 Å². The Labute approximate surface area is 110 Å². The summed E-state index contributed by atoms with van der Waals surface area (Å²) in [5, 5.41) is 0. The smallest absolute Gasteiger partial charge is 0.123 e. The average Bonchev–Trinajstić information content (AvgIpc) is 2.63. The predicted octanol–water partition coefficient (Wildman–Crippen LogP) is 2.84. The van der Waals surface area contributed by atoms with Crippen molar-refractivity contribution in [3.05, 3.63) is 29.3 Å². The summed E-state index contributed by atoms with van der Waals surface area (Å²) < 4.78 is 5.66. The molecule has 0 bridgehead atoms. The molecule has 1 aromatic carbocycles. The lowest BCUT2D eigenvalue weighted by atomic mass is 9.86. The van der Waals surface area contributed by atoms with Gasteiger partial charge in [-0.1, -0.05) is 39.0 Å². The minimum atomic E-state index is -0.0208. The van der Waals surface area contributed by atoms with Crippen LogP contribution in [0, 0.1) is 11.8 Å². The van der Waals surface area contributed by atoms with Gasteiger partial charge in [0, 0.05) is 16.5 Å². The van der Waals surface area contributed by atoms with Gasteiger partial charge >= 0.3 is 0 Å². The van der Waals surface area contributed by atoms with Crippen LogP contribution in [0.1, 0.15) is 44.7 Å². The third-order valence-electron chi connectivity index (χ3n) is 3.30. The summed E-state index contributed by atoms with van der Waals surface area (Å²) in [7, 11) is 0. The molecule has 1 aromatic rings. The zero-order valence-electron chi connectivity index (χ0n) is 11.4. The van der Waals surface area contributed by atoms with Crippen molar-refractivity contribution in [2.24, 2.45) is 5.73 Å². The maximum atomic E-state index is 5.90. The Hall–Kier alpha value is -1.46. The Bertz CT molecular complexity index is 494. The first-order valence-electron chi connectivity index (χ1n) is 6.57. The quantitative estimate of drug-likeness (QED) is 0.811. The number of hydrogen-bond donors (Lipinski definition) is 1. The molecule has 0 radical (unpaired) electrons. The Morgan fingerprint density at radius 2 is 2.22 bits per heavy atom. The van der Waals surface area contributed by atoms with E-state index in [-0.39, 0.29) is 11.5 Å². The van der Waals surface area contributed by atoms with E-state index < -0.39 is 0 Å². The van der Waals surface area contributed by atoms with Gasteiger partial charge in [-0.2, -0.15) is 0 Å². The lowest BCUT2D eigenvalue weighted by Gasteiger charge is -2.14. The first-order valence-corrected chi connectivity index (χ1v) is 6.57.